The zero-order valence-corrected chi connectivity index (χ0v) is 16.6. The van der Waals surface area contributed by atoms with Crippen LogP contribution in [0.5, 0.6) is 0 Å². The molecule has 1 aromatic heterocycles. The average Bonchev–Trinajstić information content (AvgIpc) is 3.13. The number of hydrogen-bond donors (Lipinski definition) is 0. The highest BCUT2D eigenvalue weighted by Gasteiger charge is 2.17. The molecule has 0 unspecified atom stereocenters. The minimum Gasteiger partial charge on any atom is -0.333 e. The van der Waals surface area contributed by atoms with Gasteiger partial charge in [-0.2, -0.15) is 0 Å². The molecule has 0 spiro atoms. The highest BCUT2D eigenvalue weighted by atomic mass is 79.9. The lowest BCUT2D eigenvalue weighted by atomic mass is 10.0. The van der Waals surface area contributed by atoms with Crippen molar-refractivity contribution < 1.29 is 9.92 Å². The lowest BCUT2D eigenvalue weighted by molar-refractivity contribution is -0.730. The van der Waals surface area contributed by atoms with Crippen LogP contribution in [-0.4, -0.2) is 14.6 Å². The Labute approximate surface area is 166 Å². The van der Waals surface area contributed by atoms with Crippen molar-refractivity contribution in [3.63, 3.8) is 0 Å². The van der Waals surface area contributed by atoms with Gasteiger partial charge in [0.1, 0.15) is 5.76 Å². The summed E-state index contributed by atoms with van der Waals surface area (Å²) in [6.07, 6.45) is 5.11. The molecule has 2 aromatic carbocycles. The smallest absolute Gasteiger partial charge is 0.299 e. The third-order valence-electron chi connectivity index (χ3n) is 3.64. The Morgan fingerprint density at radius 1 is 1.04 bits per heavy atom. The summed E-state index contributed by atoms with van der Waals surface area (Å²) in [6.45, 7) is 0.376. The molecule has 0 bridgehead atoms. The Morgan fingerprint density at radius 2 is 1.62 bits per heavy atom. The van der Waals surface area contributed by atoms with E-state index < -0.39 is 5.09 Å². The molecule has 0 atom stereocenters. The second-order valence-electron chi connectivity index (χ2n) is 5.37. The Morgan fingerprint density at radius 3 is 2.12 bits per heavy atom. The minimum atomic E-state index is -0.788. The molecule has 0 N–H and O–H groups in total. The van der Waals surface area contributed by atoms with Crippen LogP contribution in [0.25, 0.3) is 11.3 Å². The summed E-state index contributed by atoms with van der Waals surface area (Å²) in [7, 11) is 0. The van der Waals surface area contributed by atoms with Crippen molar-refractivity contribution in [3.05, 3.63) is 97.4 Å². The normalized spacial score (nSPS) is 11.8. The number of allylic oxidation sites excluding steroid dienone is 1. The molecule has 8 heteroatoms. The van der Waals surface area contributed by atoms with Gasteiger partial charge < -0.3 is 4.57 Å². The first-order valence-electron chi connectivity index (χ1n) is 7.56. The number of hydrogen-bond acceptors (Lipinski definition) is 4. The molecular formula is C18H13Br2N3O3. The van der Waals surface area contributed by atoms with E-state index in [9.17, 15) is 10.1 Å². The molecule has 0 aliphatic rings. The SMILES string of the molecule is O=[N+]([O-])O/C(=C(/Cn1ccnc1)c1ccc(Br)cc1)c1ccc(Br)cc1. The molecule has 0 fully saturated rings. The number of benzene rings is 2. The fourth-order valence-corrected chi connectivity index (χ4v) is 2.99. The van der Waals surface area contributed by atoms with Crippen LogP contribution in [-0.2, 0) is 11.4 Å². The zero-order chi connectivity index (χ0) is 18.5. The Hall–Kier alpha value is -2.45. The van der Waals surface area contributed by atoms with E-state index in [1.807, 2.05) is 41.0 Å². The van der Waals surface area contributed by atoms with E-state index in [-0.39, 0.29) is 5.76 Å². The van der Waals surface area contributed by atoms with Crippen LogP contribution in [0.3, 0.4) is 0 Å². The van der Waals surface area contributed by atoms with Gasteiger partial charge in [-0.3, -0.25) is 4.84 Å². The van der Waals surface area contributed by atoms with Crippen LogP contribution >= 0.6 is 31.9 Å². The first kappa shape index (κ1) is 18.3. The molecule has 0 radical (unpaired) electrons. The molecule has 132 valence electrons. The van der Waals surface area contributed by atoms with Crippen LogP contribution < -0.4 is 0 Å². The number of rotatable bonds is 6. The van der Waals surface area contributed by atoms with Gasteiger partial charge in [0.25, 0.3) is 5.09 Å². The van der Waals surface area contributed by atoms with E-state index in [1.54, 1.807) is 30.9 Å². The summed E-state index contributed by atoms with van der Waals surface area (Å²) in [5, 5.41) is 10.4. The Kier molecular flexibility index (Phi) is 5.85. The molecular weight excluding hydrogens is 466 g/mol. The molecule has 0 aliphatic heterocycles. The fourth-order valence-electron chi connectivity index (χ4n) is 2.47. The Bertz CT molecular complexity index is 921. The van der Waals surface area contributed by atoms with E-state index in [0.717, 1.165) is 14.5 Å². The molecule has 6 nitrogen and oxygen atoms in total. The van der Waals surface area contributed by atoms with Crippen molar-refractivity contribution >= 4 is 43.2 Å². The van der Waals surface area contributed by atoms with Crippen molar-refractivity contribution in [1.29, 1.82) is 0 Å². The van der Waals surface area contributed by atoms with Crippen molar-refractivity contribution in [2.24, 2.45) is 0 Å². The molecule has 0 saturated carbocycles. The Balaban J connectivity index is 2.18. The van der Waals surface area contributed by atoms with Gasteiger partial charge >= 0.3 is 0 Å². The predicted molar refractivity (Wildman–Crippen MR) is 105 cm³/mol. The minimum absolute atomic E-state index is 0.193. The molecule has 1 heterocycles. The first-order chi connectivity index (χ1) is 12.5. The van der Waals surface area contributed by atoms with E-state index in [2.05, 4.69) is 36.8 Å². The van der Waals surface area contributed by atoms with Gasteiger partial charge in [0.05, 0.1) is 12.9 Å². The second kappa shape index (κ2) is 8.29. The third-order valence-corrected chi connectivity index (χ3v) is 4.70. The lowest BCUT2D eigenvalue weighted by Gasteiger charge is -2.15. The molecule has 3 aromatic rings. The van der Waals surface area contributed by atoms with Gasteiger partial charge in [0, 0.05) is 32.5 Å². The maximum absolute atomic E-state index is 11.2. The van der Waals surface area contributed by atoms with E-state index in [4.69, 9.17) is 4.84 Å². The van der Waals surface area contributed by atoms with Gasteiger partial charge in [0.2, 0.25) is 0 Å². The summed E-state index contributed by atoms with van der Waals surface area (Å²) in [5.74, 6) is 0.193. The fraction of sp³-hybridized carbons (Fsp3) is 0.0556. The number of aromatic nitrogens is 2. The van der Waals surface area contributed by atoms with Crippen molar-refractivity contribution in [3.8, 4) is 0 Å². The summed E-state index contributed by atoms with van der Waals surface area (Å²) in [4.78, 5) is 20.2. The predicted octanol–water partition coefficient (Wildman–Crippen LogP) is 5.18. The van der Waals surface area contributed by atoms with Crippen LogP contribution in [0.2, 0.25) is 0 Å². The van der Waals surface area contributed by atoms with Crippen LogP contribution in [0, 0.1) is 10.1 Å². The summed E-state index contributed by atoms with van der Waals surface area (Å²) in [5.41, 5.74) is 2.11. The summed E-state index contributed by atoms with van der Waals surface area (Å²) in [6, 6.07) is 14.7. The number of imidazole rings is 1. The van der Waals surface area contributed by atoms with Gasteiger partial charge in [-0.25, -0.2) is 4.98 Å². The third kappa shape index (κ3) is 4.59. The topological polar surface area (TPSA) is 70.2 Å². The van der Waals surface area contributed by atoms with Gasteiger partial charge in [-0.15, -0.1) is 10.1 Å². The number of nitrogens with zero attached hydrogens (tertiary/aromatic N) is 3. The lowest BCUT2D eigenvalue weighted by Crippen LogP contribution is -2.07. The van der Waals surface area contributed by atoms with Gasteiger partial charge in [-0.05, 0) is 29.8 Å². The van der Waals surface area contributed by atoms with Crippen LogP contribution in [0.4, 0.5) is 0 Å². The molecule has 0 amide bonds. The van der Waals surface area contributed by atoms with Crippen molar-refractivity contribution in [1.82, 2.24) is 9.55 Å². The summed E-state index contributed by atoms with van der Waals surface area (Å²) < 4.78 is 3.63. The monoisotopic (exact) mass is 477 g/mol. The van der Waals surface area contributed by atoms with E-state index >= 15 is 0 Å². The standard InChI is InChI=1S/C18H13Br2N3O3/c19-15-5-1-13(2-6-15)17(11-22-10-9-21-12-22)18(26-23(24)25)14-3-7-16(20)8-4-14/h1-10,12H,11H2/b18-17-. The molecule has 3 rings (SSSR count). The van der Waals surface area contributed by atoms with E-state index in [0.29, 0.717) is 17.7 Å². The maximum Gasteiger partial charge on any atom is 0.299 e. The highest BCUT2D eigenvalue weighted by Crippen LogP contribution is 2.30. The first-order valence-corrected chi connectivity index (χ1v) is 9.14. The molecule has 0 saturated heterocycles. The maximum atomic E-state index is 11.2. The largest absolute Gasteiger partial charge is 0.333 e. The van der Waals surface area contributed by atoms with E-state index in [1.165, 1.54) is 0 Å². The van der Waals surface area contributed by atoms with Crippen molar-refractivity contribution in [2.75, 3.05) is 0 Å². The highest BCUT2D eigenvalue weighted by molar-refractivity contribution is 9.10. The van der Waals surface area contributed by atoms with Crippen molar-refractivity contribution in [2.45, 2.75) is 6.54 Å². The average molecular weight is 479 g/mol. The van der Waals surface area contributed by atoms with Crippen LogP contribution in [0.15, 0.2) is 76.2 Å². The summed E-state index contributed by atoms with van der Waals surface area (Å²) >= 11 is 6.79. The van der Waals surface area contributed by atoms with Crippen LogP contribution in [0.1, 0.15) is 11.1 Å². The van der Waals surface area contributed by atoms with Gasteiger partial charge in [0.15, 0.2) is 0 Å². The zero-order valence-electron chi connectivity index (χ0n) is 13.4. The number of halogens is 2. The molecule has 0 aliphatic carbocycles. The second-order valence-corrected chi connectivity index (χ2v) is 7.20. The van der Waals surface area contributed by atoms with Gasteiger partial charge in [-0.1, -0.05) is 56.1 Å². The molecule has 26 heavy (non-hydrogen) atoms. The quantitative estimate of drug-likeness (QED) is 0.211.